The molecule has 0 spiro atoms. The van der Waals surface area contributed by atoms with Crippen LogP contribution < -0.4 is 10.0 Å². The summed E-state index contributed by atoms with van der Waals surface area (Å²) >= 11 is 0. The molecule has 0 unspecified atom stereocenters. The summed E-state index contributed by atoms with van der Waals surface area (Å²) in [5.74, 6) is 0. The van der Waals surface area contributed by atoms with Crippen molar-refractivity contribution in [3.05, 3.63) is 53.1 Å². The molecule has 2 rings (SSSR count). The Labute approximate surface area is 126 Å². The summed E-state index contributed by atoms with van der Waals surface area (Å²) < 4.78 is 27.1. The minimum atomic E-state index is -3.61. The predicted octanol–water partition coefficient (Wildman–Crippen LogP) is 3.02. The number of hydrogen-bond acceptors (Lipinski definition) is 3. The summed E-state index contributed by atoms with van der Waals surface area (Å²) in [6, 6.07) is 10.8. The number of hydrogen-bond donors (Lipinski definition) is 1. The van der Waals surface area contributed by atoms with E-state index in [1.165, 1.54) is 4.31 Å². The molecule has 0 aliphatic carbocycles. The number of aryl methyl sites for hydroxylation is 3. The monoisotopic (exact) mass is 304 g/mol. The highest BCUT2D eigenvalue weighted by atomic mass is 32.2. The van der Waals surface area contributed by atoms with E-state index < -0.39 is 10.0 Å². The lowest BCUT2D eigenvalue weighted by Crippen LogP contribution is -2.28. The Kier molecular flexibility index (Phi) is 3.96. The first-order valence-electron chi connectivity index (χ1n) is 6.66. The van der Waals surface area contributed by atoms with Gasteiger partial charge < -0.3 is 5.73 Å². The molecule has 2 aromatic rings. The molecule has 0 amide bonds. The lowest BCUT2D eigenvalue weighted by Gasteiger charge is -2.22. The van der Waals surface area contributed by atoms with Crippen molar-refractivity contribution in [3.8, 4) is 0 Å². The van der Waals surface area contributed by atoms with Gasteiger partial charge >= 0.3 is 0 Å². The highest BCUT2D eigenvalue weighted by Gasteiger charge is 2.25. The second-order valence-corrected chi connectivity index (χ2v) is 7.20. The maximum atomic E-state index is 12.9. The third-order valence-electron chi connectivity index (χ3n) is 3.47. The van der Waals surface area contributed by atoms with Crippen molar-refractivity contribution in [2.45, 2.75) is 25.7 Å². The minimum Gasteiger partial charge on any atom is -0.399 e. The van der Waals surface area contributed by atoms with Crippen LogP contribution in [-0.2, 0) is 10.0 Å². The zero-order valence-electron chi connectivity index (χ0n) is 12.7. The van der Waals surface area contributed by atoms with Crippen molar-refractivity contribution >= 4 is 21.4 Å². The molecule has 0 atom stereocenters. The summed E-state index contributed by atoms with van der Waals surface area (Å²) in [7, 11) is -2.04. The third kappa shape index (κ3) is 2.88. The van der Waals surface area contributed by atoms with Gasteiger partial charge in [-0.2, -0.15) is 0 Å². The average Bonchev–Trinajstić information content (AvgIpc) is 2.36. The van der Waals surface area contributed by atoms with Gasteiger partial charge in [0, 0.05) is 12.7 Å². The van der Waals surface area contributed by atoms with Gasteiger partial charge in [-0.1, -0.05) is 12.1 Å². The zero-order chi connectivity index (χ0) is 15.8. The Morgan fingerprint density at radius 1 is 1.00 bits per heavy atom. The van der Waals surface area contributed by atoms with Crippen molar-refractivity contribution in [2.24, 2.45) is 0 Å². The smallest absolute Gasteiger partial charge is 0.264 e. The van der Waals surface area contributed by atoms with E-state index in [1.54, 1.807) is 39.1 Å². The molecule has 112 valence electrons. The Balaban J connectivity index is 2.57. The standard InChI is InChI=1S/C16H20N2O2S/c1-11-6-5-7-15(8-11)18(4)21(19,20)16-12(2)9-14(17)10-13(16)3/h5-10H,17H2,1-4H3. The van der Waals surface area contributed by atoms with Crippen LogP contribution in [0.2, 0.25) is 0 Å². The van der Waals surface area contributed by atoms with Crippen molar-refractivity contribution in [1.82, 2.24) is 0 Å². The van der Waals surface area contributed by atoms with Gasteiger partial charge in [-0.05, 0) is 61.7 Å². The Hall–Kier alpha value is -2.01. The first-order chi connectivity index (χ1) is 9.73. The molecular formula is C16H20N2O2S. The largest absolute Gasteiger partial charge is 0.399 e. The molecule has 2 N–H and O–H groups in total. The first-order valence-corrected chi connectivity index (χ1v) is 8.10. The van der Waals surface area contributed by atoms with Gasteiger partial charge in [-0.25, -0.2) is 8.42 Å². The second-order valence-electron chi connectivity index (χ2n) is 5.30. The number of anilines is 2. The topological polar surface area (TPSA) is 63.4 Å². The van der Waals surface area contributed by atoms with Crippen molar-refractivity contribution in [2.75, 3.05) is 17.1 Å². The van der Waals surface area contributed by atoms with Gasteiger partial charge in [0.2, 0.25) is 0 Å². The van der Waals surface area contributed by atoms with Gasteiger partial charge in [0.1, 0.15) is 0 Å². The summed E-state index contributed by atoms with van der Waals surface area (Å²) in [6.45, 7) is 5.46. The molecule has 0 saturated carbocycles. The highest BCUT2D eigenvalue weighted by Crippen LogP contribution is 2.28. The second kappa shape index (κ2) is 5.41. The molecule has 2 aromatic carbocycles. The van der Waals surface area contributed by atoms with E-state index in [2.05, 4.69) is 0 Å². The number of benzene rings is 2. The van der Waals surface area contributed by atoms with E-state index in [-0.39, 0.29) is 0 Å². The van der Waals surface area contributed by atoms with Crippen LogP contribution in [-0.4, -0.2) is 15.5 Å². The summed E-state index contributed by atoms with van der Waals surface area (Å²) in [5, 5.41) is 0. The molecule has 0 saturated heterocycles. The minimum absolute atomic E-state index is 0.320. The first kappa shape index (κ1) is 15.4. The Morgan fingerprint density at radius 2 is 1.57 bits per heavy atom. The molecule has 0 aliphatic heterocycles. The van der Waals surface area contributed by atoms with Crippen molar-refractivity contribution in [3.63, 3.8) is 0 Å². The molecule has 5 heteroatoms. The van der Waals surface area contributed by atoms with Crippen LogP contribution in [0.25, 0.3) is 0 Å². The van der Waals surface area contributed by atoms with E-state index >= 15 is 0 Å². The predicted molar refractivity (Wildman–Crippen MR) is 87.1 cm³/mol. The van der Waals surface area contributed by atoms with E-state index in [9.17, 15) is 8.42 Å². The third-order valence-corrected chi connectivity index (χ3v) is 5.56. The SMILES string of the molecule is Cc1cccc(N(C)S(=O)(=O)c2c(C)cc(N)cc2C)c1. The molecule has 0 aromatic heterocycles. The van der Waals surface area contributed by atoms with Gasteiger partial charge in [0.05, 0.1) is 10.6 Å². The molecule has 4 nitrogen and oxygen atoms in total. The Morgan fingerprint density at radius 3 is 2.10 bits per heavy atom. The van der Waals surface area contributed by atoms with Crippen LogP contribution in [0, 0.1) is 20.8 Å². The molecular weight excluding hydrogens is 284 g/mol. The van der Waals surface area contributed by atoms with Crippen molar-refractivity contribution < 1.29 is 8.42 Å². The molecule has 0 bridgehead atoms. The average molecular weight is 304 g/mol. The van der Waals surface area contributed by atoms with E-state index in [0.29, 0.717) is 27.4 Å². The molecule has 0 radical (unpaired) electrons. The molecule has 21 heavy (non-hydrogen) atoms. The lowest BCUT2D eigenvalue weighted by molar-refractivity contribution is 0.593. The quantitative estimate of drug-likeness (QED) is 0.887. The van der Waals surface area contributed by atoms with Gasteiger partial charge in [0.25, 0.3) is 10.0 Å². The zero-order valence-corrected chi connectivity index (χ0v) is 13.5. The molecule has 0 fully saturated rings. The maximum Gasteiger partial charge on any atom is 0.264 e. The van der Waals surface area contributed by atoms with E-state index in [0.717, 1.165) is 5.56 Å². The van der Waals surface area contributed by atoms with Crippen LogP contribution in [0.15, 0.2) is 41.3 Å². The number of rotatable bonds is 3. The highest BCUT2D eigenvalue weighted by molar-refractivity contribution is 7.92. The molecule has 0 heterocycles. The fourth-order valence-electron chi connectivity index (χ4n) is 2.49. The fourth-order valence-corrected chi connectivity index (χ4v) is 4.09. The normalized spacial score (nSPS) is 11.4. The number of nitrogen functional groups attached to an aromatic ring is 1. The summed E-state index contributed by atoms with van der Waals surface area (Å²) in [6.07, 6.45) is 0. The lowest BCUT2D eigenvalue weighted by atomic mass is 10.1. The van der Waals surface area contributed by atoms with Crippen molar-refractivity contribution in [1.29, 1.82) is 0 Å². The van der Waals surface area contributed by atoms with Gasteiger partial charge in [0.15, 0.2) is 0 Å². The Bertz CT molecular complexity index is 760. The van der Waals surface area contributed by atoms with Crippen LogP contribution >= 0.6 is 0 Å². The number of sulfonamides is 1. The maximum absolute atomic E-state index is 12.9. The van der Waals surface area contributed by atoms with Crippen LogP contribution in [0.4, 0.5) is 11.4 Å². The molecule has 0 aliphatic rings. The van der Waals surface area contributed by atoms with Crippen LogP contribution in [0.1, 0.15) is 16.7 Å². The number of nitrogens with two attached hydrogens (primary N) is 1. The number of nitrogens with zero attached hydrogens (tertiary/aromatic N) is 1. The van der Waals surface area contributed by atoms with Gasteiger partial charge in [-0.3, -0.25) is 4.31 Å². The van der Waals surface area contributed by atoms with Crippen LogP contribution in [0.3, 0.4) is 0 Å². The van der Waals surface area contributed by atoms with Gasteiger partial charge in [-0.15, -0.1) is 0 Å². The van der Waals surface area contributed by atoms with E-state index in [1.807, 2.05) is 25.1 Å². The summed E-state index contributed by atoms with van der Waals surface area (Å²) in [4.78, 5) is 0.320. The summed E-state index contributed by atoms with van der Waals surface area (Å²) in [5.41, 5.74) is 9.32. The van der Waals surface area contributed by atoms with Crippen LogP contribution in [0.5, 0.6) is 0 Å². The fraction of sp³-hybridized carbons (Fsp3) is 0.250. The van der Waals surface area contributed by atoms with E-state index in [4.69, 9.17) is 5.73 Å².